The molecule has 170 valence electrons. The van der Waals surface area contributed by atoms with Gasteiger partial charge >= 0.3 is 0 Å². The van der Waals surface area contributed by atoms with E-state index >= 15 is 0 Å². The van der Waals surface area contributed by atoms with Crippen molar-refractivity contribution < 1.29 is 23.4 Å². The van der Waals surface area contributed by atoms with Crippen LogP contribution in [-0.4, -0.2) is 62.0 Å². The number of benzene rings is 2. The number of amides is 1. The lowest BCUT2D eigenvalue weighted by Gasteiger charge is -2.27. The molecule has 0 saturated carbocycles. The molecule has 0 spiro atoms. The number of nitrogens with zero attached hydrogens (tertiary/aromatic N) is 3. The highest BCUT2D eigenvalue weighted by Gasteiger charge is 2.24. The highest BCUT2D eigenvalue weighted by Crippen LogP contribution is 2.34. The molecule has 0 unspecified atom stereocenters. The first-order valence-electron chi connectivity index (χ1n) is 10.2. The summed E-state index contributed by atoms with van der Waals surface area (Å²) in [5, 5.41) is 0.560. The Morgan fingerprint density at radius 2 is 1.94 bits per heavy atom. The quantitative estimate of drug-likeness (QED) is 0.533. The maximum atomic E-state index is 13.7. The van der Waals surface area contributed by atoms with Crippen LogP contribution in [0.1, 0.15) is 16.8 Å². The Bertz CT molecular complexity index is 1110. The monoisotopic (exact) mass is 479 g/mol. The lowest BCUT2D eigenvalue weighted by Crippen LogP contribution is -2.39. The molecule has 1 aromatic heterocycles. The van der Waals surface area contributed by atoms with E-state index in [0.717, 1.165) is 39.3 Å². The molecule has 32 heavy (non-hydrogen) atoms. The van der Waals surface area contributed by atoms with Gasteiger partial charge in [0, 0.05) is 31.7 Å². The molecule has 0 bridgehead atoms. The van der Waals surface area contributed by atoms with E-state index in [-0.39, 0.29) is 30.9 Å². The van der Waals surface area contributed by atoms with Crippen LogP contribution in [0, 0.1) is 5.82 Å². The third kappa shape index (κ3) is 4.80. The van der Waals surface area contributed by atoms with Crippen LogP contribution >= 0.6 is 23.7 Å². The number of carbonyl (C=O) groups is 1. The molecule has 7 nitrogen and oxygen atoms in total. The van der Waals surface area contributed by atoms with Crippen LogP contribution in [0.2, 0.25) is 0 Å². The number of fused-ring (bicyclic) bond motifs is 2. The predicted molar refractivity (Wildman–Crippen MR) is 123 cm³/mol. The molecule has 2 aliphatic rings. The first-order valence-corrected chi connectivity index (χ1v) is 11.1. The van der Waals surface area contributed by atoms with E-state index in [0.29, 0.717) is 39.0 Å². The standard InChI is InChI=1S/C22H22FN3O4S.ClH/c23-16-3-4-17-20(13-16)31-22(24-17)26(7-1-6-25-8-10-28-11-9-25)21(27)15-2-5-18-19(12-15)30-14-29-18;/h2-5,12-13H,1,6-11,14H2;1H. The van der Waals surface area contributed by atoms with E-state index in [1.165, 1.54) is 23.5 Å². The van der Waals surface area contributed by atoms with Gasteiger partial charge in [-0.1, -0.05) is 11.3 Å². The van der Waals surface area contributed by atoms with Crippen molar-refractivity contribution in [2.75, 3.05) is 51.1 Å². The fourth-order valence-corrected chi connectivity index (χ4v) is 4.76. The third-order valence-corrected chi connectivity index (χ3v) is 6.44. The number of rotatable bonds is 6. The second-order valence-corrected chi connectivity index (χ2v) is 8.45. The van der Waals surface area contributed by atoms with Crippen molar-refractivity contribution in [3.63, 3.8) is 0 Å². The molecule has 1 saturated heterocycles. The number of hydrogen-bond acceptors (Lipinski definition) is 7. The minimum absolute atomic E-state index is 0. The Kier molecular flexibility index (Phi) is 7.10. The average Bonchev–Trinajstić information content (AvgIpc) is 3.42. The van der Waals surface area contributed by atoms with Crippen molar-refractivity contribution in [3.8, 4) is 11.5 Å². The fourth-order valence-electron chi connectivity index (χ4n) is 3.75. The van der Waals surface area contributed by atoms with Gasteiger partial charge in [0.2, 0.25) is 6.79 Å². The normalized spacial score (nSPS) is 15.5. The molecule has 1 fully saturated rings. The molecule has 0 aliphatic carbocycles. The van der Waals surface area contributed by atoms with Crippen LogP contribution in [0.3, 0.4) is 0 Å². The summed E-state index contributed by atoms with van der Waals surface area (Å²) in [6.45, 7) is 4.81. The highest BCUT2D eigenvalue weighted by molar-refractivity contribution is 7.22. The molecule has 3 aromatic rings. The van der Waals surface area contributed by atoms with Gasteiger partial charge in [-0.25, -0.2) is 9.37 Å². The number of hydrogen-bond donors (Lipinski definition) is 0. The molecule has 2 aromatic carbocycles. The molecular weight excluding hydrogens is 457 g/mol. The van der Waals surface area contributed by atoms with E-state index in [2.05, 4.69) is 9.88 Å². The number of morpholine rings is 1. The molecule has 1 amide bonds. The Hall–Kier alpha value is -2.46. The average molecular weight is 480 g/mol. The number of aromatic nitrogens is 1. The largest absolute Gasteiger partial charge is 0.454 e. The summed E-state index contributed by atoms with van der Waals surface area (Å²) >= 11 is 1.32. The summed E-state index contributed by atoms with van der Waals surface area (Å²) in [5.41, 5.74) is 1.18. The van der Waals surface area contributed by atoms with E-state index in [1.807, 2.05) is 0 Å². The zero-order valence-electron chi connectivity index (χ0n) is 17.3. The Morgan fingerprint density at radius 1 is 1.12 bits per heavy atom. The predicted octanol–water partition coefficient (Wildman–Crippen LogP) is 3.96. The van der Waals surface area contributed by atoms with Gasteiger partial charge in [0.05, 0.1) is 23.4 Å². The van der Waals surface area contributed by atoms with Crippen LogP contribution in [0.5, 0.6) is 11.5 Å². The van der Waals surface area contributed by atoms with Gasteiger partial charge in [0.25, 0.3) is 5.91 Å². The van der Waals surface area contributed by atoms with E-state index in [1.54, 1.807) is 29.2 Å². The maximum absolute atomic E-state index is 13.7. The van der Waals surface area contributed by atoms with Crippen LogP contribution in [0.15, 0.2) is 36.4 Å². The second-order valence-electron chi connectivity index (χ2n) is 7.44. The van der Waals surface area contributed by atoms with Crippen LogP contribution in [-0.2, 0) is 4.74 Å². The number of ether oxygens (including phenoxy) is 3. The fraction of sp³-hybridized carbons (Fsp3) is 0.364. The minimum atomic E-state index is -0.316. The lowest BCUT2D eigenvalue weighted by atomic mass is 10.1. The SMILES string of the molecule is Cl.O=C(c1ccc2c(c1)OCO2)N(CCCN1CCOCC1)c1nc2ccc(F)cc2s1. The van der Waals surface area contributed by atoms with Crippen LogP contribution < -0.4 is 14.4 Å². The van der Waals surface area contributed by atoms with Gasteiger partial charge < -0.3 is 14.2 Å². The summed E-state index contributed by atoms with van der Waals surface area (Å²) in [6, 6.07) is 9.66. The number of anilines is 1. The molecule has 5 rings (SSSR count). The molecule has 0 radical (unpaired) electrons. The zero-order valence-corrected chi connectivity index (χ0v) is 18.9. The van der Waals surface area contributed by atoms with Gasteiger partial charge in [0.15, 0.2) is 16.6 Å². The van der Waals surface area contributed by atoms with Crippen molar-refractivity contribution in [3.05, 3.63) is 47.8 Å². The summed E-state index contributed by atoms with van der Waals surface area (Å²) in [7, 11) is 0. The minimum Gasteiger partial charge on any atom is -0.454 e. The molecular formula is C22H23ClFN3O4S. The highest BCUT2D eigenvalue weighted by atomic mass is 35.5. The van der Waals surface area contributed by atoms with E-state index in [9.17, 15) is 9.18 Å². The Labute approximate surface area is 195 Å². The summed E-state index contributed by atoms with van der Waals surface area (Å²) < 4.78 is 30.6. The van der Waals surface area contributed by atoms with Crippen molar-refractivity contribution in [1.82, 2.24) is 9.88 Å². The number of thiazole rings is 1. The van der Waals surface area contributed by atoms with Crippen molar-refractivity contribution in [1.29, 1.82) is 0 Å². The van der Waals surface area contributed by atoms with Gasteiger partial charge in [-0.15, -0.1) is 12.4 Å². The van der Waals surface area contributed by atoms with Crippen molar-refractivity contribution >= 4 is 45.0 Å². The lowest BCUT2D eigenvalue weighted by molar-refractivity contribution is 0.0376. The summed E-state index contributed by atoms with van der Waals surface area (Å²) in [4.78, 5) is 22.1. The van der Waals surface area contributed by atoms with Crippen molar-refractivity contribution in [2.45, 2.75) is 6.42 Å². The smallest absolute Gasteiger partial charge is 0.260 e. The number of halogens is 2. The Morgan fingerprint density at radius 3 is 2.78 bits per heavy atom. The van der Waals surface area contributed by atoms with Gasteiger partial charge in [-0.3, -0.25) is 14.6 Å². The maximum Gasteiger partial charge on any atom is 0.260 e. The van der Waals surface area contributed by atoms with E-state index < -0.39 is 0 Å². The molecule has 10 heteroatoms. The molecule has 0 atom stereocenters. The summed E-state index contributed by atoms with van der Waals surface area (Å²) in [6.07, 6.45) is 0.792. The first-order chi connectivity index (χ1) is 15.2. The second kappa shape index (κ2) is 9.99. The van der Waals surface area contributed by atoms with Crippen LogP contribution in [0.25, 0.3) is 10.2 Å². The van der Waals surface area contributed by atoms with E-state index in [4.69, 9.17) is 14.2 Å². The first kappa shape index (κ1) is 22.7. The van der Waals surface area contributed by atoms with Crippen LogP contribution in [0.4, 0.5) is 9.52 Å². The third-order valence-electron chi connectivity index (χ3n) is 5.39. The topological polar surface area (TPSA) is 64.1 Å². The van der Waals surface area contributed by atoms with Crippen molar-refractivity contribution in [2.24, 2.45) is 0 Å². The molecule has 3 heterocycles. The summed E-state index contributed by atoms with van der Waals surface area (Å²) in [5.74, 6) is 0.708. The van der Waals surface area contributed by atoms with Gasteiger partial charge in [-0.2, -0.15) is 0 Å². The molecule has 2 aliphatic heterocycles. The zero-order chi connectivity index (χ0) is 21.2. The molecule has 0 N–H and O–H groups in total. The Balaban J connectivity index is 0.00000245. The number of carbonyl (C=O) groups excluding carboxylic acids is 1. The van der Waals surface area contributed by atoms with Gasteiger partial charge in [-0.05, 0) is 42.8 Å². The van der Waals surface area contributed by atoms with Gasteiger partial charge in [0.1, 0.15) is 5.82 Å².